The number of primary amides is 1. The van der Waals surface area contributed by atoms with Crippen LogP contribution in [0, 0.1) is 0 Å². The second-order valence-corrected chi connectivity index (χ2v) is 3.50. The summed E-state index contributed by atoms with van der Waals surface area (Å²) in [6, 6.07) is 1.69. The molecular formula is C8H7NO2S. The molecule has 0 aliphatic carbocycles. The number of carbonyl (C=O) groups excluding carboxylic acids is 1. The van der Waals surface area contributed by atoms with Crippen LogP contribution in [0.5, 0.6) is 5.75 Å². The van der Waals surface area contributed by atoms with Crippen molar-refractivity contribution in [1.29, 1.82) is 0 Å². The highest BCUT2D eigenvalue weighted by Gasteiger charge is 2.13. The summed E-state index contributed by atoms with van der Waals surface area (Å²) in [5.41, 5.74) is 5.12. The minimum atomic E-state index is -0.397. The Morgan fingerprint density at radius 3 is 3.17 bits per heavy atom. The van der Waals surface area contributed by atoms with Gasteiger partial charge in [-0.05, 0) is 12.2 Å². The Kier molecular flexibility index (Phi) is 1.62. The van der Waals surface area contributed by atoms with Crippen molar-refractivity contribution in [3.8, 4) is 5.75 Å². The summed E-state index contributed by atoms with van der Waals surface area (Å²) < 4.78 is 5.27. The number of fused-ring (bicyclic) bond motifs is 1. The smallest absolute Gasteiger partial charge is 0.258 e. The quantitative estimate of drug-likeness (QED) is 0.709. The first-order chi connectivity index (χ1) is 5.77. The molecule has 4 heteroatoms. The lowest BCUT2D eigenvalue weighted by Crippen LogP contribution is -2.08. The van der Waals surface area contributed by atoms with Crippen molar-refractivity contribution in [3.05, 3.63) is 21.9 Å². The van der Waals surface area contributed by atoms with Crippen LogP contribution in [0.15, 0.2) is 12.1 Å². The van der Waals surface area contributed by atoms with Gasteiger partial charge < -0.3 is 10.5 Å². The zero-order chi connectivity index (χ0) is 8.55. The summed E-state index contributed by atoms with van der Waals surface area (Å²) in [5.74, 6) is 0.364. The monoisotopic (exact) mass is 181 g/mol. The second kappa shape index (κ2) is 2.64. The van der Waals surface area contributed by atoms with Crippen molar-refractivity contribution in [2.45, 2.75) is 0 Å². The summed E-state index contributed by atoms with van der Waals surface area (Å²) in [7, 11) is 0. The number of thiophene rings is 1. The molecule has 0 atom stereocenters. The lowest BCUT2D eigenvalue weighted by molar-refractivity contribution is 0.100. The maximum absolute atomic E-state index is 10.8. The van der Waals surface area contributed by atoms with E-state index in [9.17, 15) is 4.79 Å². The molecule has 62 valence electrons. The zero-order valence-corrected chi connectivity index (χ0v) is 7.06. The normalized spacial score (nSPS) is 13.7. The van der Waals surface area contributed by atoms with E-state index in [0.29, 0.717) is 11.5 Å². The van der Waals surface area contributed by atoms with Gasteiger partial charge in [-0.1, -0.05) is 0 Å². The van der Waals surface area contributed by atoms with Crippen molar-refractivity contribution in [1.82, 2.24) is 0 Å². The van der Waals surface area contributed by atoms with Gasteiger partial charge in [0.25, 0.3) is 5.91 Å². The third kappa shape index (κ3) is 1.10. The van der Waals surface area contributed by atoms with E-state index in [1.807, 2.05) is 12.2 Å². The first-order valence-electron chi connectivity index (χ1n) is 3.50. The van der Waals surface area contributed by atoms with Crippen molar-refractivity contribution in [2.75, 3.05) is 6.61 Å². The second-order valence-electron chi connectivity index (χ2n) is 2.42. The van der Waals surface area contributed by atoms with E-state index in [-0.39, 0.29) is 0 Å². The van der Waals surface area contributed by atoms with Gasteiger partial charge in [0.15, 0.2) is 0 Å². The van der Waals surface area contributed by atoms with Gasteiger partial charge in [0, 0.05) is 6.07 Å². The number of hydrogen-bond donors (Lipinski definition) is 1. The third-order valence-electron chi connectivity index (χ3n) is 1.57. The van der Waals surface area contributed by atoms with E-state index < -0.39 is 5.91 Å². The van der Waals surface area contributed by atoms with Gasteiger partial charge in [-0.25, -0.2) is 0 Å². The molecule has 0 spiro atoms. The number of nitrogens with two attached hydrogens (primary N) is 1. The van der Waals surface area contributed by atoms with Crippen molar-refractivity contribution < 1.29 is 9.53 Å². The van der Waals surface area contributed by atoms with Crippen LogP contribution < -0.4 is 10.5 Å². The van der Waals surface area contributed by atoms with Crippen molar-refractivity contribution in [2.24, 2.45) is 5.73 Å². The van der Waals surface area contributed by atoms with Crippen LogP contribution in [0.1, 0.15) is 14.5 Å². The van der Waals surface area contributed by atoms with Gasteiger partial charge in [-0.2, -0.15) is 0 Å². The molecule has 0 bridgehead atoms. The number of ether oxygens (including phenoxy) is 1. The van der Waals surface area contributed by atoms with Gasteiger partial charge in [-0.3, -0.25) is 4.79 Å². The molecule has 1 amide bonds. The molecule has 0 saturated heterocycles. The molecule has 1 aliphatic heterocycles. The summed E-state index contributed by atoms with van der Waals surface area (Å²) in [4.78, 5) is 12.3. The summed E-state index contributed by atoms with van der Waals surface area (Å²) in [6.07, 6.45) is 3.85. The van der Waals surface area contributed by atoms with Crippen LogP contribution >= 0.6 is 11.3 Å². The maximum Gasteiger partial charge on any atom is 0.258 e. The molecule has 2 rings (SSSR count). The first-order valence-corrected chi connectivity index (χ1v) is 4.32. The molecular weight excluding hydrogens is 174 g/mol. The highest BCUT2D eigenvalue weighted by molar-refractivity contribution is 7.15. The van der Waals surface area contributed by atoms with E-state index >= 15 is 0 Å². The largest absolute Gasteiger partial charge is 0.488 e. The fourth-order valence-corrected chi connectivity index (χ4v) is 1.92. The van der Waals surface area contributed by atoms with Gasteiger partial charge in [-0.15, -0.1) is 11.3 Å². The highest BCUT2D eigenvalue weighted by atomic mass is 32.1. The third-order valence-corrected chi connectivity index (χ3v) is 2.67. The molecule has 1 aromatic rings. The Bertz CT molecular complexity index is 354. The molecule has 0 fully saturated rings. The molecule has 1 aromatic heterocycles. The summed E-state index contributed by atoms with van der Waals surface area (Å²) in [6.45, 7) is 0.571. The van der Waals surface area contributed by atoms with Crippen molar-refractivity contribution >= 4 is 23.3 Å². The molecule has 2 N–H and O–H groups in total. The van der Waals surface area contributed by atoms with E-state index in [4.69, 9.17) is 10.5 Å². The Balaban J connectivity index is 2.46. The average Bonchev–Trinajstić information content (AvgIpc) is 2.46. The lowest BCUT2D eigenvalue weighted by Gasteiger charge is -2.05. The zero-order valence-electron chi connectivity index (χ0n) is 6.24. The first kappa shape index (κ1) is 7.36. The molecule has 0 unspecified atom stereocenters. The van der Waals surface area contributed by atoms with Crippen LogP contribution in [0.25, 0.3) is 6.08 Å². The molecule has 12 heavy (non-hydrogen) atoms. The Hall–Kier alpha value is -1.29. The Labute approximate surface area is 73.5 Å². The van der Waals surface area contributed by atoms with E-state index in [2.05, 4.69) is 0 Å². The molecule has 3 nitrogen and oxygen atoms in total. The molecule has 1 aliphatic rings. The fraction of sp³-hybridized carbons (Fsp3) is 0.125. The predicted octanol–water partition coefficient (Wildman–Crippen LogP) is 1.25. The average molecular weight is 181 g/mol. The number of carbonyl (C=O) groups is 1. The topological polar surface area (TPSA) is 52.3 Å². The highest BCUT2D eigenvalue weighted by Crippen LogP contribution is 2.32. The minimum absolute atomic E-state index is 0.397. The van der Waals surface area contributed by atoms with Gasteiger partial charge in [0.2, 0.25) is 0 Å². The van der Waals surface area contributed by atoms with Gasteiger partial charge in [0.05, 0.1) is 9.75 Å². The van der Waals surface area contributed by atoms with E-state index in [1.165, 1.54) is 11.3 Å². The summed E-state index contributed by atoms with van der Waals surface area (Å²) >= 11 is 1.36. The molecule has 0 aromatic carbocycles. The lowest BCUT2D eigenvalue weighted by atomic mass is 10.3. The van der Waals surface area contributed by atoms with Crippen LogP contribution in [-0.2, 0) is 0 Å². The molecule has 0 saturated carbocycles. The number of amides is 1. The van der Waals surface area contributed by atoms with Crippen LogP contribution in [0.2, 0.25) is 0 Å². The fourth-order valence-electron chi connectivity index (χ4n) is 1.03. The van der Waals surface area contributed by atoms with Crippen LogP contribution in [0.3, 0.4) is 0 Å². The van der Waals surface area contributed by atoms with E-state index in [1.54, 1.807) is 6.07 Å². The predicted molar refractivity (Wildman–Crippen MR) is 47.4 cm³/mol. The Morgan fingerprint density at radius 2 is 2.50 bits per heavy atom. The van der Waals surface area contributed by atoms with Crippen LogP contribution in [0.4, 0.5) is 0 Å². The molecule has 2 heterocycles. The SMILES string of the molecule is NC(=O)c1cc2c(s1)C=CCO2. The molecule has 0 radical (unpaired) electrons. The van der Waals surface area contributed by atoms with Gasteiger partial charge in [0.1, 0.15) is 12.4 Å². The maximum atomic E-state index is 10.8. The number of rotatable bonds is 1. The Morgan fingerprint density at radius 1 is 1.67 bits per heavy atom. The summed E-state index contributed by atoms with van der Waals surface area (Å²) in [5, 5.41) is 0. The van der Waals surface area contributed by atoms with Gasteiger partial charge >= 0.3 is 0 Å². The minimum Gasteiger partial charge on any atom is -0.488 e. The van der Waals surface area contributed by atoms with Crippen molar-refractivity contribution in [3.63, 3.8) is 0 Å². The van der Waals surface area contributed by atoms with E-state index in [0.717, 1.165) is 10.6 Å². The standard InChI is InChI=1S/C8H7NO2S/c9-8(10)7-4-5-6(12-7)2-1-3-11-5/h1-2,4H,3H2,(H2,9,10). The van der Waals surface area contributed by atoms with Crippen LogP contribution in [-0.4, -0.2) is 12.5 Å². The number of hydrogen-bond acceptors (Lipinski definition) is 3.